The zero-order valence-corrected chi connectivity index (χ0v) is 13.3. The SMILES string of the molecule is CCC(C)(C)NS(=O)(=O)c1cccc(CNC2CC2)c1. The highest BCUT2D eigenvalue weighted by molar-refractivity contribution is 7.89. The molecule has 0 unspecified atom stereocenters. The highest BCUT2D eigenvalue weighted by Crippen LogP contribution is 2.20. The van der Waals surface area contributed by atoms with Crippen molar-refractivity contribution in [2.75, 3.05) is 0 Å². The Morgan fingerprint density at radius 3 is 2.60 bits per heavy atom. The van der Waals surface area contributed by atoms with E-state index in [2.05, 4.69) is 10.0 Å². The van der Waals surface area contributed by atoms with E-state index in [1.807, 2.05) is 26.8 Å². The Kier molecular flexibility index (Phi) is 4.52. The quantitative estimate of drug-likeness (QED) is 0.812. The minimum absolute atomic E-state index is 0.342. The first-order valence-corrected chi connectivity index (χ1v) is 8.67. The predicted molar refractivity (Wildman–Crippen MR) is 81.0 cm³/mol. The second-order valence-corrected chi connectivity index (χ2v) is 7.83. The minimum atomic E-state index is -3.45. The van der Waals surface area contributed by atoms with Gasteiger partial charge in [-0.2, -0.15) is 0 Å². The molecule has 4 nitrogen and oxygen atoms in total. The molecule has 0 heterocycles. The van der Waals surface area contributed by atoms with Crippen LogP contribution in [0.4, 0.5) is 0 Å². The van der Waals surface area contributed by atoms with Crippen LogP contribution in [0.25, 0.3) is 0 Å². The monoisotopic (exact) mass is 296 g/mol. The fraction of sp³-hybridized carbons (Fsp3) is 0.600. The topological polar surface area (TPSA) is 58.2 Å². The maximum atomic E-state index is 12.4. The van der Waals surface area contributed by atoms with Gasteiger partial charge >= 0.3 is 0 Å². The van der Waals surface area contributed by atoms with Gasteiger partial charge in [-0.25, -0.2) is 13.1 Å². The van der Waals surface area contributed by atoms with Crippen molar-refractivity contribution in [2.24, 2.45) is 0 Å². The summed E-state index contributed by atoms with van der Waals surface area (Å²) < 4.78 is 27.5. The molecule has 0 radical (unpaired) electrons. The van der Waals surface area contributed by atoms with E-state index in [9.17, 15) is 8.42 Å². The third-order valence-electron chi connectivity index (χ3n) is 3.68. The van der Waals surface area contributed by atoms with Gasteiger partial charge in [0.2, 0.25) is 10.0 Å². The van der Waals surface area contributed by atoms with Crippen molar-refractivity contribution in [3.05, 3.63) is 29.8 Å². The molecule has 1 aromatic carbocycles. The fourth-order valence-corrected chi connectivity index (χ4v) is 3.42. The van der Waals surface area contributed by atoms with Crippen molar-refractivity contribution in [1.82, 2.24) is 10.0 Å². The van der Waals surface area contributed by atoms with E-state index in [0.717, 1.165) is 18.5 Å². The van der Waals surface area contributed by atoms with Crippen LogP contribution in [0, 0.1) is 0 Å². The van der Waals surface area contributed by atoms with Gasteiger partial charge < -0.3 is 5.32 Å². The molecule has 1 aliphatic carbocycles. The summed E-state index contributed by atoms with van der Waals surface area (Å²) in [6.45, 7) is 6.48. The Morgan fingerprint density at radius 2 is 2.00 bits per heavy atom. The second kappa shape index (κ2) is 5.84. The number of nitrogens with one attached hydrogen (secondary N) is 2. The zero-order valence-electron chi connectivity index (χ0n) is 12.4. The predicted octanol–water partition coefficient (Wildman–Crippen LogP) is 2.41. The zero-order chi connectivity index (χ0) is 14.8. The van der Waals surface area contributed by atoms with Gasteiger partial charge in [-0.05, 0) is 50.8 Å². The van der Waals surface area contributed by atoms with Crippen LogP contribution < -0.4 is 10.0 Å². The molecule has 0 aromatic heterocycles. The summed E-state index contributed by atoms with van der Waals surface area (Å²) in [6.07, 6.45) is 3.20. The molecule has 0 aliphatic heterocycles. The van der Waals surface area contributed by atoms with Crippen LogP contribution in [0.2, 0.25) is 0 Å². The average Bonchev–Trinajstić information content (AvgIpc) is 3.20. The van der Waals surface area contributed by atoms with E-state index >= 15 is 0 Å². The van der Waals surface area contributed by atoms with Gasteiger partial charge in [-0.1, -0.05) is 19.1 Å². The van der Waals surface area contributed by atoms with Crippen LogP contribution in [-0.2, 0) is 16.6 Å². The first-order valence-electron chi connectivity index (χ1n) is 7.19. The summed E-state index contributed by atoms with van der Waals surface area (Å²) in [5, 5.41) is 3.40. The number of sulfonamides is 1. The van der Waals surface area contributed by atoms with Crippen molar-refractivity contribution < 1.29 is 8.42 Å². The van der Waals surface area contributed by atoms with Crippen LogP contribution in [0.1, 0.15) is 45.6 Å². The average molecular weight is 296 g/mol. The van der Waals surface area contributed by atoms with Gasteiger partial charge in [0.25, 0.3) is 0 Å². The minimum Gasteiger partial charge on any atom is -0.310 e. The Labute approximate surface area is 122 Å². The van der Waals surface area contributed by atoms with Gasteiger partial charge in [-0.15, -0.1) is 0 Å². The van der Waals surface area contributed by atoms with E-state index in [1.54, 1.807) is 18.2 Å². The number of benzene rings is 1. The molecular formula is C15H24N2O2S. The summed E-state index contributed by atoms with van der Waals surface area (Å²) in [6, 6.07) is 7.78. The van der Waals surface area contributed by atoms with Crippen LogP contribution in [-0.4, -0.2) is 20.0 Å². The molecule has 0 amide bonds. The Hall–Kier alpha value is -0.910. The first kappa shape index (κ1) is 15.5. The molecule has 1 aromatic rings. The summed E-state index contributed by atoms with van der Waals surface area (Å²) in [4.78, 5) is 0.342. The van der Waals surface area contributed by atoms with Crippen molar-refractivity contribution in [3.63, 3.8) is 0 Å². The number of hydrogen-bond acceptors (Lipinski definition) is 3. The normalized spacial score (nSPS) is 16.4. The Bertz CT molecular complexity index is 563. The fourth-order valence-electron chi connectivity index (χ4n) is 1.87. The lowest BCUT2D eigenvalue weighted by Crippen LogP contribution is -2.42. The lowest BCUT2D eigenvalue weighted by molar-refractivity contribution is 0.439. The third kappa shape index (κ3) is 4.30. The third-order valence-corrected chi connectivity index (χ3v) is 5.37. The molecule has 1 aliphatic rings. The van der Waals surface area contributed by atoms with Gasteiger partial charge in [-0.3, -0.25) is 0 Å². The Balaban J connectivity index is 2.11. The smallest absolute Gasteiger partial charge is 0.241 e. The van der Waals surface area contributed by atoms with E-state index in [1.165, 1.54) is 12.8 Å². The van der Waals surface area contributed by atoms with Crippen molar-refractivity contribution in [2.45, 2.75) is 63.1 Å². The molecule has 0 bridgehead atoms. The van der Waals surface area contributed by atoms with Gasteiger partial charge in [0.1, 0.15) is 0 Å². The molecule has 20 heavy (non-hydrogen) atoms. The molecule has 0 saturated heterocycles. The van der Waals surface area contributed by atoms with E-state index in [4.69, 9.17) is 0 Å². The lowest BCUT2D eigenvalue weighted by Gasteiger charge is -2.24. The van der Waals surface area contributed by atoms with E-state index < -0.39 is 15.6 Å². The largest absolute Gasteiger partial charge is 0.310 e. The van der Waals surface area contributed by atoms with Gasteiger partial charge in [0.05, 0.1) is 4.90 Å². The second-order valence-electron chi connectivity index (χ2n) is 6.15. The molecule has 2 N–H and O–H groups in total. The molecule has 0 spiro atoms. The van der Waals surface area contributed by atoms with Crippen molar-refractivity contribution in [1.29, 1.82) is 0 Å². The molecule has 5 heteroatoms. The summed E-state index contributed by atoms with van der Waals surface area (Å²) in [5.41, 5.74) is 0.579. The summed E-state index contributed by atoms with van der Waals surface area (Å²) in [5.74, 6) is 0. The van der Waals surface area contributed by atoms with Crippen LogP contribution in [0.5, 0.6) is 0 Å². The highest BCUT2D eigenvalue weighted by Gasteiger charge is 2.25. The maximum absolute atomic E-state index is 12.4. The van der Waals surface area contributed by atoms with Gasteiger partial charge in [0, 0.05) is 18.1 Å². The highest BCUT2D eigenvalue weighted by atomic mass is 32.2. The molecule has 1 saturated carbocycles. The molecule has 0 atom stereocenters. The summed E-state index contributed by atoms with van der Waals surface area (Å²) in [7, 11) is -3.45. The van der Waals surface area contributed by atoms with Crippen molar-refractivity contribution >= 4 is 10.0 Å². The van der Waals surface area contributed by atoms with Crippen molar-refractivity contribution in [3.8, 4) is 0 Å². The summed E-state index contributed by atoms with van der Waals surface area (Å²) >= 11 is 0. The van der Waals surface area contributed by atoms with E-state index in [-0.39, 0.29) is 0 Å². The van der Waals surface area contributed by atoms with Crippen LogP contribution in [0.3, 0.4) is 0 Å². The molecular weight excluding hydrogens is 272 g/mol. The van der Waals surface area contributed by atoms with Crippen LogP contribution in [0.15, 0.2) is 29.2 Å². The van der Waals surface area contributed by atoms with E-state index in [0.29, 0.717) is 10.9 Å². The Morgan fingerprint density at radius 1 is 1.30 bits per heavy atom. The molecule has 1 fully saturated rings. The number of hydrogen-bond donors (Lipinski definition) is 2. The maximum Gasteiger partial charge on any atom is 0.241 e. The first-order chi connectivity index (χ1) is 9.32. The standard InChI is InChI=1S/C15H24N2O2S/c1-4-15(2,3)17-20(18,19)14-7-5-6-12(10-14)11-16-13-8-9-13/h5-7,10,13,16-17H,4,8-9,11H2,1-3H3. The van der Waals surface area contributed by atoms with Gasteiger partial charge in [0.15, 0.2) is 0 Å². The molecule has 112 valence electrons. The van der Waals surface area contributed by atoms with Crippen LogP contribution >= 0.6 is 0 Å². The number of rotatable bonds is 7. The lowest BCUT2D eigenvalue weighted by atomic mass is 10.0. The molecule has 2 rings (SSSR count).